The number of ether oxygens (including phenoxy) is 3. The highest BCUT2D eigenvalue weighted by Crippen LogP contribution is 2.32. The molecule has 2 aromatic carbocycles. The van der Waals surface area contributed by atoms with Gasteiger partial charge in [-0.2, -0.15) is 0 Å². The number of hydrogen-bond acceptors (Lipinski definition) is 7. The number of rotatable bonds is 5. The maximum Gasteiger partial charge on any atom is 0.351 e. The van der Waals surface area contributed by atoms with Crippen LogP contribution >= 0.6 is 0 Å². The lowest BCUT2D eigenvalue weighted by molar-refractivity contribution is -0.135. The van der Waals surface area contributed by atoms with E-state index in [1.807, 2.05) is 6.92 Å². The van der Waals surface area contributed by atoms with Crippen LogP contribution in [0.3, 0.4) is 0 Å². The van der Waals surface area contributed by atoms with E-state index >= 15 is 0 Å². The Labute approximate surface area is 157 Å². The van der Waals surface area contributed by atoms with Gasteiger partial charge in [0.15, 0.2) is 16.4 Å². The summed E-state index contributed by atoms with van der Waals surface area (Å²) in [6.07, 6.45) is 1.12. The monoisotopic (exact) mass is 389 g/mol. The van der Waals surface area contributed by atoms with Crippen LogP contribution in [-0.4, -0.2) is 34.7 Å². The minimum atomic E-state index is -4.05. The minimum Gasteiger partial charge on any atom is -0.486 e. The standard InChI is InChI=1S/C19H19NO6S/c1-13-3-6-15(7-4-13)27(22,23)18(19(21)24-2)12-20-14-5-8-16-17(11-14)26-10-9-25-16/h3-8,11-12,20H,9-10H2,1-2H3. The molecule has 0 saturated heterocycles. The van der Waals surface area contributed by atoms with Crippen molar-refractivity contribution in [2.24, 2.45) is 0 Å². The summed E-state index contributed by atoms with van der Waals surface area (Å²) in [6.45, 7) is 2.75. The Morgan fingerprint density at radius 2 is 1.74 bits per heavy atom. The lowest BCUT2D eigenvalue weighted by Crippen LogP contribution is -2.17. The largest absolute Gasteiger partial charge is 0.486 e. The number of fused-ring (bicyclic) bond motifs is 1. The van der Waals surface area contributed by atoms with Crippen LogP contribution in [0.2, 0.25) is 0 Å². The zero-order valence-corrected chi connectivity index (χ0v) is 15.7. The van der Waals surface area contributed by atoms with Gasteiger partial charge in [0.25, 0.3) is 0 Å². The first kappa shape index (κ1) is 18.8. The summed E-state index contributed by atoms with van der Waals surface area (Å²) in [5.41, 5.74) is 1.45. The van der Waals surface area contributed by atoms with Gasteiger partial charge in [0.2, 0.25) is 9.84 Å². The van der Waals surface area contributed by atoms with Crippen LogP contribution in [0.4, 0.5) is 5.69 Å². The summed E-state index contributed by atoms with van der Waals surface area (Å²) in [5, 5.41) is 2.82. The molecule has 3 rings (SSSR count). The number of anilines is 1. The number of benzene rings is 2. The number of carbonyl (C=O) groups excluding carboxylic acids is 1. The SMILES string of the molecule is COC(=O)C(=CNc1ccc2c(c1)OCCO2)S(=O)(=O)c1ccc(C)cc1. The van der Waals surface area contributed by atoms with Crippen molar-refractivity contribution >= 4 is 21.5 Å². The summed E-state index contributed by atoms with van der Waals surface area (Å²) >= 11 is 0. The van der Waals surface area contributed by atoms with E-state index in [0.717, 1.165) is 18.9 Å². The number of methoxy groups -OCH3 is 1. The van der Waals surface area contributed by atoms with Gasteiger partial charge in [-0.1, -0.05) is 17.7 Å². The molecule has 27 heavy (non-hydrogen) atoms. The highest BCUT2D eigenvalue weighted by atomic mass is 32.2. The molecule has 0 atom stereocenters. The predicted octanol–water partition coefficient (Wildman–Crippen LogP) is 2.67. The molecule has 0 unspecified atom stereocenters. The second kappa shape index (κ2) is 7.71. The molecular weight excluding hydrogens is 370 g/mol. The van der Waals surface area contributed by atoms with Crippen molar-refractivity contribution in [1.29, 1.82) is 0 Å². The summed E-state index contributed by atoms with van der Waals surface area (Å²) in [6, 6.07) is 11.3. The highest BCUT2D eigenvalue weighted by Gasteiger charge is 2.28. The number of hydrogen-bond donors (Lipinski definition) is 1. The van der Waals surface area contributed by atoms with Gasteiger partial charge in [-0.3, -0.25) is 0 Å². The lowest BCUT2D eigenvalue weighted by atomic mass is 10.2. The van der Waals surface area contributed by atoms with Gasteiger partial charge in [-0.15, -0.1) is 0 Å². The van der Waals surface area contributed by atoms with E-state index in [0.29, 0.717) is 30.4 Å². The molecule has 0 aliphatic carbocycles. The van der Waals surface area contributed by atoms with Crippen molar-refractivity contribution < 1.29 is 27.4 Å². The van der Waals surface area contributed by atoms with Gasteiger partial charge in [0.1, 0.15) is 13.2 Å². The van der Waals surface area contributed by atoms with E-state index in [-0.39, 0.29) is 4.90 Å². The normalized spacial score (nSPS) is 13.8. The molecule has 0 amide bonds. The fraction of sp³-hybridized carbons (Fsp3) is 0.211. The van der Waals surface area contributed by atoms with Gasteiger partial charge in [-0.25, -0.2) is 13.2 Å². The topological polar surface area (TPSA) is 90.9 Å². The Hall–Kier alpha value is -3.00. The molecule has 1 aliphatic heterocycles. The summed E-state index contributed by atoms with van der Waals surface area (Å²) in [4.78, 5) is 11.6. The van der Waals surface area contributed by atoms with Gasteiger partial charge in [0, 0.05) is 18.0 Å². The smallest absolute Gasteiger partial charge is 0.351 e. The summed E-state index contributed by atoms with van der Waals surface area (Å²) in [5.74, 6) is 0.192. The molecule has 0 saturated carbocycles. The van der Waals surface area contributed by atoms with Crippen LogP contribution in [0, 0.1) is 6.92 Å². The molecule has 2 aromatic rings. The van der Waals surface area contributed by atoms with Crippen LogP contribution in [0.1, 0.15) is 5.56 Å². The van der Waals surface area contributed by atoms with E-state index in [9.17, 15) is 13.2 Å². The maximum absolute atomic E-state index is 12.8. The number of carbonyl (C=O) groups is 1. The van der Waals surface area contributed by atoms with Gasteiger partial charge < -0.3 is 19.5 Å². The number of sulfone groups is 1. The third-order valence-corrected chi connectivity index (χ3v) is 5.68. The van der Waals surface area contributed by atoms with Crippen molar-refractivity contribution in [3.05, 3.63) is 59.1 Å². The van der Waals surface area contributed by atoms with Gasteiger partial charge >= 0.3 is 5.97 Å². The van der Waals surface area contributed by atoms with Crippen LogP contribution < -0.4 is 14.8 Å². The van der Waals surface area contributed by atoms with E-state index in [4.69, 9.17) is 9.47 Å². The third-order valence-electron chi connectivity index (χ3n) is 3.92. The Morgan fingerprint density at radius 1 is 1.07 bits per heavy atom. The van der Waals surface area contributed by atoms with Crippen molar-refractivity contribution in [2.45, 2.75) is 11.8 Å². The van der Waals surface area contributed by atoms with Gasteiger partial charge in [0.05, 0.1) is 12.0 Å². The van der Waals surface area contributed by atoms with E-state index in [2.05, 4.69) is 10.1 Å². The number of nitrogens with one attached hydrogen (secondary N) is 1. The molecule has 0 fully saturated rings. The zero-order chi connectivity index (χ0) is 19.4. The minimum absolute atomic E-state index is 0.00808. The molecule has 0 aromatic heterocycles. The highest BCUT2D eigenvalue weighted by molar-refractivity contribution is 7.96. The maximum atomic E-state index is 12.8. The van der Waals surface area contributed by atoms with Crippen LogP contribution in [-0.2, 0) is 19.4 Å². The quantitative estimate of drug-likeness (QED) is 0.621. The van der Waals surface area contributed by atoms with Crippen LogP contribution in [0.25, 0.3) is 0 Å². The Balaban J connectivity index is 1.93. The predicted molar refractivity (Wildman–Crippen MR) is 99.5 cm³/mol. The lowest BCUT2D eigenvalue weighted by Gasteiger charge is -2.18. The molecule has 1 heterocycles. The van der Waals surface area contributed by atoms with Crippen LogP contribution in [0.15, 0.2) is 58.5 Å². The molecule has 7 nitrogen and oxygen atoms in total. The van der Waals surface area contributed by atoms with E-state index < -0.39 is 20.7 Å². The molecular formula is C19H19NO6S. The second-order valence-electron chi connectivity index (χ2n) is 5.82. The van der Waals surface area contributed by atoms with Gasteiger partial charge in [-0.05, 0) is 31.2 Å². The Kier molecular flexibility index (Phi) is 5.36. The van der Waals surface area contributed by atoms with Crippen molar-refractivity contribution in [3.63, 3.8) is 0 Å². The van der Waals surface area contributed by atoms with Crippen molar-refractivity contribution in [2.75, 3.05) is 25.6 Å². The first-order valence-corrected chi connectivity index (χ1v) is 9.66. The molecule has 142 valence electrons. The molecule has 1 N–H and O–H groups in total. The molecule has 0 spiro atoms. The van der Waals surface area contributed by atoms with Crippen molar-refractivity contribution in [1.82, 2.24) is 0 Å². The van der Waals surface area contributed by atoms with E-state index in [1.165, 1.54) is 12.1 Å². The Bertz CT molecular complexity index is 980. The fourth-order valence-corrected chi connectivity index (χ4v) is 3.74. The molecule has 0 radical (unpaired) electrons. The Morgan fingerprint density at radius 3 is 2.41 bits per heavy atom. The average Bonchev–Trinajstić information content (AvgIpc) is 2.68. The van der Waals surface area contributed by atoms with Crippen LogP contribution in [0.5, 0.6) is 11.5 Å². The molecule has 0 bridgehead atoms. The number of esters is 1. The third kappa shape index (κ3) is 4.06. The first-order chi connectivity index (χ1) is 12.9. The summed E-state index contributed by atoms with van der Waals surface area (Å²) in [7, 11) is -2.92. The average molecular weight is 389 g/mol. The fourth-order valence-electron chi connectivity index (χ4n) is 2.47. The first-order valence-electron chi connectivity index (χ1n) is 8.18. The molecule has 8 heteroatoms. The number of aryl methyl sites for hydroxylation is 1. The van der Waals surface area contributed by atoms with Crippen molar-refractivity contribution in [3.8, 4) is 11.5 Å². The zero-order valence-electron chi connectivity index (χ0n) is 14.9. The summed E-state index contributed by atoms with van der Waals surface area (Å²) < 4.78 is 41.3. The van der Waals surface area contributed by atoms with E-state index in [1.54, 1.807) is 30.3 Å². The molecule has 1 aliphatic rings. The second-order valence-corrected chi connectivity index (χ2v) is 7.74.